The van der Waals surface area contributed by atoms with Crippen LogP contribution in [0.4, 0.5) is 0 Å². The van der Waals surface area contributed by atoms with E-state index >= 15 is 0 Å². The van der Waals surface area contributed by atoms with E-state index in [-0.39, 0.29) is 5.60 Å². The number of rotatable bonds is 0. The van der Waals surface area contributed by atoms with Crippen LogP contribution in [-0.4, -0.2) is 15.6 Å². The van der Waals surface area contributed by atoms with Gasteiger partial charge in [-0.25, -0.2) is 4.21 Å². The molecule has 1 spiro atoms. The highest BCUT2D eigenvalue weighted by Gasteiger charge is 2.44. The monoisotopic (exact) mass is 230 g/mol. The van der Waals surface area contributed by atoms with Gasteiger partial charge in [-0.3, -0.25) is 4.18 Å². The lowest BCUT2D eigenvalue weighted by Crippen LogP contribution is -2.36. The van der Waals surface area contributed by atoms with Crippen LogP contribution in [0.3, 0.4) is 0 Å². The second-order valence-corrected chi connectivity index (χ2v) is 7.35. The van der Waals surface area contributed by atoms with Crippen molar-refractivity contribution in [3.8, 4) is 0 Å². The Hall–Kier alpha value is 0.110. The molecule has 1 atom stereocenters. The molecule has 1 aliphatic heterocycles. The molecule has 2 nitrogen and oxygen atoms in total. The highest BCUT2D eigenvalue weighted by molar-refractivity contribution is 7.80. The Labute approximate surface area is 95.4 Å². The summed E-state index contributed by atoms with van der Waals surface area (Å²) in [7, 11) is 0. The van der Waals surface area contributed by atoms with E-state index in [0.29, 0.717) is 5.41 Å². The first kappa shape index (κ1) is 11.6. The Morgan fingerprint density at radius 2 is 1.80 bits per heavy atom. The summed E-state index contributed by atoms with van der Waals surface area (Å²) in [4.78, 5) is 0. The summed E-state index contributed by atoms with van der Waals surface area (Å²) in [5.74, 6) is 1.56. The molecule has 0 aromatic carbocycles. The second kappa shape index (κ2) is 3.85. The van der Waals surface area contributed by atoms with Crippen LogP contribution in [-0.2, 0) is 15.3 Å². The normalized spacial score (nSPS) is 42.3. The van der Waals surface area contributed by atoms with Gasteiger partial charge in [-0.15, -0.1) is 0 Å². The molecular weight excluding hydrogens is 208 g/mol. The van der Waals surface area contributed by atoms with Crippen molar-refractivity contribution in [3.63, 3.8) is 0 Å². The molecule has 3 heteroatoms. The summed E-state index contributed by atoms with van der Waals surface area (Å²) in [5.41, 5.74) is 0.409. The van der Waals surface area contributed by atoms with Crippen molar-refractivity contribution in [1.82, 2.24) is 0 Å². The third-order valence-corrected chi connectivity index (χ3v) is 5.19. The third-order valence-electron chi connectivity index (χ3n) is 4.12. The van der Waals surface area contributed by atoms with Crippen LogP contribution in [0.15, 0.2) is 0 Å². The molecule has 15 heavy (non-hydrogen) atoms. The maximum absolute atomic E-state index is 11.3. The first-order valence-electron chi connectivity index (χ1n) is 5.99. The Balaban J connectivity index is 1.95. The van der Waals surface area contributed by atoms with Crippen molar-refractivity contribution < 1.29 is 8.39 Å². The molecule has 2 rings (SSSR count). The Bertz CT molecular complexity index is 259. The van der Waals surface area contributed by atoms with Crippen LogP contribution in [0.1, 0.15) is 52.9 Å². The minimum Gasteiger partial charge on any atom is -0.284 e. The van der Waals surface area contributed by atoms with Gasteiger partial charge >= 0.3 is 0 Å². The molecule has 0 aromatic heterocycles. The molecule has 1 saturated carbocycles. The zero-order chi connectivity index (χ0) is 11.1. The third kappa shape index (κ3) is 2.44. The molecule has 0 radical (unpaired) electrons. The van der Waals surface area contributed by atoms with E-state index < -0.39 is 11.1 Å². The van der Waals surface area contributed by atoms with Crippen LogP contribution in [0.5, 0.6) is 0 Å². The SMILES string of the molecule is CC(C)(C)C1CCC2(CC1)CCS(=O)O2. The maximum Gasteiger partial charge on any atom is 0.156 e. The average molecular weight is 230 g/mol. The fourth-order valence-electron chi connectivity index (χ4n) is 2.89. The van der Waals surface area contributed by atoms with Gasteiger partial charge in [-0.05, 0) is 43.4 Å². The van der Waals surface area contributed by atoms with E-state index in [1.807, 2.05) is 0 Å². The molecule has 1 unspecified atom stereocenters. The molecule has 0 N–H and O–H groups in total. The van der Waals surface area contributed by atoms with Gasteiger partial charge < -0.3 is 0 Å². The van der Waals surface area contributed by atoms with Crippen molar-refractivity contribution >= 4 is 11.1 Å². The van der Waals surface area contributed by atoms with Crippen molar-refractivity contribution in [2.24, 2.45) is 11.3 Å². The lowest BCUT2D eigenvalue weighted by molar-refractivity contribution is 0.0185. The fourth-order valence-corrected chi connectivity index (χ4v) is 4.16. The fraction of sp³-hybridized carbons (Fsp3) is 1.00. The predicted octanol–water partition coefficient (Wildman–Crippen LogP) is 3.05. The smallest absolute Gasteiger partial charge is 0.156 e. The van der Waals surface area contributed by atoms with Crippen LogP contribution in [0.2, 0.25) is 0 Å². The molecule has 1 aliphatic carbocycles. The summed E-state index contributed by atoms with van der Waals surface area (Å²) in [6.45, 7) is 6.97. The molecule has 1 saturated heterocycles. The Kier molecular flexibility index (Phi) is 2.97. The zero-order valence-electron chi connectivity index (χ0n) is 10.0. The number of hydrogen-bond acceptors (Lipinski definition) is 2. The summed E-state index contributed by atoms with van der Waals surface area (Å²) in [6, 6.07) is 0. The van der Waals surface area contributed by atoms with Gasteiger partial charge in [-0.2, -0.15) is 0 Å². The van der Waals surface area contributed by atoms with Crippen molar-refractivity contribution in [3.05, 3.63) is 0 Å². The summed E-state index contributed by atoms with van der Waals surface area (Å²) in [6.07, 6.45) is 5.71. The molecule has 0 amide bonds. The van der Waals surface area contributed by atoms with E-state index in [2.05, 4.69) is 20.8 Å². The Morgan fingerprint density at radius 3 is 2.20 bits per heavy atom. The molecule has 1 heterocycles. The van der Waals surface area contributed by atoms with Crippen LogP contribution >= 0.6 is 0 Å². The van der Waals surface area contributed by atoms with E-state index in [4.69, 9.17) is 4.18 Å². The average Bonchev–Trinajstić information content (AvgIpc) is 2.47. The first-order valence-corrected chi connectivity index (χ1v) is 7.24. The topological polar surface area (TPSA) is 26.3 Å². The van der Waals surface area contributed by atoms with Crippen molar-refractivity contribution in [1.29, 1.82) is 0 Å². The van der Waals surface area contributed by atoms with Gasteiger partial charge in [0.15, 0.2) is 11.1 Å². The van der Waals surface area contributed by atoms with Crippen LogP contribution in [0.25, 0.3) is 0 Å². The zero-order valence-corrected chi connectivity index (χ0v) is 10.9. The van der Waals surface area contributed by atoms with Gasteiger partial charge in [0.1, 0.15) is 0 Å². The van der Waals surface area contributed by atoms with Gasteiger partial charge in [0.2, 0.25) is 0 Å². The lowest BCUT2D eigenvalue weighted by atomic mass is 9.68. The summed E-state index contributed by atoms with van der Waals surface area (Å²) < 4.78 is 16.9. The van der Waals surface area contributed by atoms with Gasteiger partial charge in [0.05, 0.1) is 11.4 Å². The lowest BCUT2D eigenvalue weighted by Gasteiger charge is -2.40. The summed E-state index contributed by atoms with van der Waals surface area (Å²) in [5, 5.41) is 0. The minimum atomic E-state index is -0.992. The highest BCUT2D eigenvalue weighted by atomic mass is 32.2. The van der Waals surface area contributed by atoms with E-state index in [9.17, 15) is 4.21 Å². The molecular formula is C12H22O2S. The van der Waals surface area contributed by atoms with Gasteiger partial charge in [0.25, 0.3) is 0 Å². The maximum atomic E-state index is 11.3. The molecule has 2 aliphatic rings. The first-order chi connectivity index (χ1) is 6.91. The molecule has 88 valence electrons. The van der Waals surface area contributed by atoms with Gasteiger partial charge in [0, 0.05) is 0 Å². The van der Waals surface area contributed by atoms with E-state index in [1.54, 1.807) is 0 Å². The van der Waals surface area contributed by atoms with Gasteiger partial charge in [-0.1, -0.05) is 20.8 Å². The molecule has 2 fully saturated rings. The second-order valence-electron chi connectivity index (χ2n) is 6.16. The molecule has 0 bridgehead atoms. The largest absolute Gasteiger partial charge is 0.284 e. The predicted molar refractivity (Wildman–Crippen MR) is 62.9 cm³/mol. The van der Waals surface area contributed by atoms with Crippen LogP contribution < -0.4 is 0 Å². The van der Waals surface area contributed by atoms with Crippen molar-refractivity contribution in [2.45, 2.75) is 58.5 Å². The van der Waals surface area contributed by atoms with Crippen molar-refractivity contribution in [2.75, 3.05) is 5.75 Å². The quantitative estimate of drug-likeness (QED) is 0.639. The molecule has 0 aromatic rings. The van der Waals surface area contributed by atoms with E-state index in [1.165, 1.54) is 12.8 Å². The van der Waals surface area contributed by atoms with E-state index in [0.717, 1.165) is 30.9 Å². The number of hydrogen-bond donors (Lipinski definition) is 0. The summed E-state index contributed by atoms with van der Waals surface area (Å²) >= 11 is -0.992. The Morgan fingerprint density at radius 1 is 1.20 bits per heavy atom. The highest BCUT2D eigenvalue weighted by Crippen LogP contribution is 2.46. The standard InChI is InChI=1S/C12H22O2S/c1-11(2,3)10-4-6-12(7-5-10)8-9-15(13)14-12/h10H,4-9H2,1-3H3. The van der Waals surface area contributed by atoms with Crippen LogP contribution in [0, 0.1) is 11.3 Å². The minimum absolute atomic E-state index is 0.00733.